The molecule has 2 heterocycles. The Morgan fingerprint density at radius 2 is 2.05 bits per heavy atom. The van der Waals surface area contributed by atoms with Crippen LogP contribution in [0.4, 0.5) is 0 Å². The second-order valence-corrected chi connectivity index (χ2v) is 5.59. The van der Waals surface area contributed by atoms with E-state index >= 15 is 0 Å². The molecule has 0 N–H and O–H groups in total. The van der Waals surface area contributed by atoms with Gasteiger partial charge >= 0.3 is 5.97 Å². The normalized spacial score (nSPS) is 11.1. The number of ether oxygens (including phenoxy) is 1. The number of nitrogens with zero attached hydrogens (tertiary/aromatic N) is 4. The molecule has 7 heteroatoms. The highest BCUT2D eigenvalue weighted by Gasteiger charge is 2.15. The lowest BCUT2D eigenvalue weighted by Gasteiger charge is -2.03. The highest BCUT2D eigenvalue weighted by atomic mass is 35.5. The van der Waals surface area contributed by atoms with Gasteiger partial charge in [-0.1, -0.05) is 24.9 Å². The third-order valence-corrected chi connectivity index (χ3v) is 3.76. The third-order valence-electron chi connectivity index (χ3n) is 3.50. The number of carbonyl (C=O) groups is 1. The summed E-state index contributed by atoms with van der Waals surface area (Å²) in [4.78, 5) is 20.1. The zero-order valence-electron chi connectivity index (χ0n) is 13.2. The molecule has 0 aliphatic carbocycles. The first kappa shape index (κ1) is 16.7. The quantitative estimate of drug-likeness (QED) is 0.445. The molecule has 2 rings (SSSR count). The van der Waals surface area contributed by atoms with Gasteiger partial charge in [0.1, 0.15) is 16.9 Å². The third kappa shape index (κ3) is 3.74. The monoisotopic (exact) mass is 324 g/mol. The van der Waals surface area contributed by atoms with Crippen LogP contribution in [0.5, 0.6) is 0 Å². The number of carbonyl (C=O) groups excluding carboxylic acids is 1. The Kier molecular flexibility index (Phi) is 5.71. The van der Waals surface area contributed by atoms with Gasteiger partial charge < -0.3 is 4.74 Å². The summed E-state index contributed by atoms with van der Waals surface area (Å²) in [6.45, 7) is 2.11. The summed E-state index contributed by atoms with van der Waals surface area (Å²) >= 11 is 6.28. The average molecular weight is 325 g/mol. The number of fused-ring (bicyclic) bond motifs is 1. The van der Waals surface area contributed by atoms with E-state index in [4.69, 9.17) is 11.6 Å². The molecule has 0 radical (unpaired) electrons. The standard InChI is InChI=1S/C15H21ClN4O2/c1-4-7-10-13-14(20(2)19-10)15(16)18-11(17-13)8-5-6-9-12(21)22-3/h4-9H2,1-3H3. The number of esters is 1. The van der Waals surface area contributed by atoms with Gasteiger partial charge in [0.15, 0.2) is 5.15 Å². The van der Waals surface area contributed by atoms with Crippen molar-refractivity contribution in [3.8, 4) is 0 Å². The van der Waals surface area contributed by atoms with Gasteiger partial charge in [-0.2, -0.15) is 5.10 Å². The van der Waals surface area contributed by atoms with Crippen molar-refractivity contribution in [1.82, 2.24) is 19.7 Å². The number of hydrogen-bond acceptors (Lipinski definition) is 5. The fourth-order valence-corrected chi connectivity index (χ4v) is 2.72. The Hall–Kier alpha value is -1.69. The van der Waals surface area contributed by atoms with Crippen LogP contribution in [0.3, 0.4) is 0 Å². The molecule has 2 aromatic heterocycles. The van der Waals surface area contributed by atoms with Crippen LogP contribution in [0.15, 0.2) is 0 Å². The van der Waals surface area contributed by atoms with E-state index in [0.717, 1.165) is 42.4 Å². The Morgan fingerprint density at radius 3 is 2.73 bits per heavy atom. The van der Waals surface area contributed by atoms with Crippen molar-refractivity contribution in [2.75, 3.05) is 7.11 Å². The molecule has 0 fully saturated rings. The van der Waals surface area contributed by atoms with Gasteiger partial charge in [-0.05, 0) is 19.3 Å². The van der Waals surface area contributed by atoms with Crippen LogP contribution in [0.2, 0.25) is 5.15 Å². The van der Waals surface area contributed by atoms with Crippen LogP contribution >= 0.6 is 11.6 Å². The molecule has 0 aromatic carbocycles. The molecule has 0 amide bonds. The molecule has 0 bridgehead atoms. The van der Waals surface area contributed by atoms with Crippen molar-refractivity contribution in [2.45, 2.75) is 45.4 Å². The van der Waals surface area contributed by atoms with Gasteiger partial charge in [-0.3, -0.25) is 9.48 Å². The molecule has 6 nitrogen and oxygen atoms in total. The number of aromatic nitrogens is 4. The predicted molar refractivity (Wildman–Crippen MR) is 84.9 cm³/mol. The lowest BCUT2D eigenvalue weighted by Crippen LogP contribution is -2.02. The van der Waals surface area contributed by atoms with E-state index in [-0.39, 0.29) is 5.97 Å². The van der Waals surface area contributed by atoms with Crippen molar-refractivity contribution < 1.29 is 9.53 Å². The Labute approximate surface area is 134 Å². The Morgan fingerprint density at radius 1 is 1.27 bits per heavy atom. The summed E-state index contributed by atoms with van der Waals surface area (Å²) in [6.07, 6.45) is 4.54. The van der Waals surface area contributed by atoms with E-state index in [1.54, 1.807) is 4.68 Å². The van der Waals surface area contributed by atoms with Crippen molar-refractivity contribution in [3.05, 3.63) is 16.7 Å². The van der Waals surface area contributed by atoms with Crippen molar-refractivity contribution >= 4 is 28.6 Å². The molecule has 120 valence electrons. The maximum absolute atomic E-state index is 11.1. The van der Waals surface area contributed by atoms with Gasteiger partial charge in [0.2, 0.25) is 0 Å². The summed E-state index contributed by atoms with van der Waals surface area (Å²) in [5, 5.41) is 4.92. The summed E-state index contributed by atoms with van der Waals surface area (Å²) in [6, 6.07) is 0. The second kappa shape index (κ2) is 7.54. The Bertz CT molecular complexity index is 669. The first-order valence-corrected chi connectivity index (χ1v) is 7.89. The second-order valence-electron chi connectivity index (χ2n) is 5.23. The molecule has 0 unspecified atom stereocenters. The molecule has 0 spiro atoms. The maximum atomic E-state index is 11.1. The zero-order chi connectivity index (χ0) is 16.1. The van der Waals surface area contributed by atoms with Gasteiger partial charge in [-0.15, -0.1) is 0 Å². The first-order valence-electron chi connectivity index (χ1n) is 7.51. The molecule has 0 aliphatic heterocycles. The summed E-state index contributed by atoms with van der Waals surface area (Å²) in [7, 11) is 3.25. The van der Waals surface area contributed by atoms with Crippen molar-refractivity contribution in [1.29, 1.82) is 0 Å². The maximum Gasteiger partial charge on any atom is 0.305 e. The van der Waals surface area contributed by atoms with Crippen LogP contribution in [0, 0.1) is 0 Å². The van der Waals surface area contributed by atoms with Crippen LogP contribution in [0.1, 0.15) is 44.1 Å². The van der Waals surface area contributed by atoms with Gasteiger partial charge in [0.05, 0.1) is 12.8 Å². The smallest absolute Gasteiger partial charge is 0.305 e. The van der Waals surface area contributed by atoms with E-state index in [2.05, 4.69) is 26.7 Å². The fraction of sp³-hybridized carbons (Fsp3) is 0.600. The molecular formula is C15H21ClN4O2. The van der Waals surface area contributed by atoms with Gasteiger partial charge in [0.25, 0.3) is 0 Å². The lowest BCUT2D eigenvalue weighted by molar-refractivity contribution is -0.140. The van der Waals surface area contributed by atoms with E-state index in [1.807, 2.05) is 7.05 Å². The lowest BCUT2D eigenvalue weighted by atomic mass is 10.2. The number of halogens is 1. The van der Waals surface area contributed by atoms with E-state index in [9.17, 15) is 4.79 Å². The number of rotatable bonds is 7. The topological polar surface area (TPSA) is 69.9 Å². The average Bonchev–Trinajstić information content (AvgIpc) is 2.80. The number of unbranched alkanes of at least 4 members (excludes halogenated alkanes) is 1. The highest BCUT2D eigenvalue weighted by molar-refractivity contribution is 6.33. The molecule has 22 heavy (non-hydrogen) atoms. The molecular weight excluding hydrogens is 304 g/mol. The van der Waals surface area contributed by atoms with Crippen molar-refractivity contribution in [2.24, 2.45) is 7.05 Å². The number of aryl methyl sites for hydroxylation is 3. The van der Waals surface area contributed by atoms with Gasteiger partial charge in [0, 0.05) is 19.9 Å². The molecule has 0 atom stereocenters. The fourth-order valence-electron chi connectivity index (χ4n) is 2.41. The molecule has 2 aromatic rings. The minimum absolute atomic E-state index is 0.188. The number of methoxy groups -OCH3 is 1. The summed E-state index contributed by atoms with van der Waals surface area (Å²) < 4.78 is 6.36. The SMILES string of the molecule is CCCc1nn(C)c2c(Cl)nc(CCCCC(=O)OC)nc12. The highest BCUT2D eigenvalue weighted by Crippen LogP contribution is 2.24. The minimum Gasteiger partial charge on any atom is -0.469 e. The summed E-state index contributed by atoms with van der Waals surface area (Å²) in [5.41, 5.74) is 2.58. The predicted octanol–water partition coefficient (Wildman–Crippen LogP) is 2.86. The Balaban J connectivity index is 2.14. The number of hydrogen-bond donors (Lipinski definition) is 0. The van der Waals surface area contributed by atoms with E-state index in [1.165, 1.54) is 7.11 Å². The largest absolute Gasteiger partial charge is 0.469 e. The van der Waals surface area contributed by atoms with Gasteiger partial charge in [-0.25, -0.2) is 9.97 Å². The summed E-state index contributed by atoms with van der Waals surface area (Å²) in [5.74, 6) is 0.514. The van der Waals surface area contributed by atoms with Crippen LogP contribution in [0.25, 0.3) is 11.0 Å². The molecule has 0 saturated carbocycles. The van der Waals surface area contributed by atoms with Crippen LogP contribution in [-0.4, -0.2) is 32.8 Å². The van der Waals surface area contributed by atoms with Crippen molar-refractivity contribution in [3.63, 3.8) is 0 Å². The van der Waals surface area contributed by atoms with E-state index in [0.29, 0.717) is 23.8 Å². The van der Waals surface area contributed by atoms with Crippen LogP contribution in [-0.2, 0) is 29.4 Å². The van der Waals surface area contributed by atoms with E-state index < -0.39 is 0 Å². The minimum atomic E-state index is -0.188. The zero-order valence-corrected chi connectivity index (χ0v) is 14.0. The first-order chi connectivity index (χ1) is 10.6. The van der Waals surface area contributed by atoms with Crippen LogP contribution < -0.4 is 0 Å². The molecule has 0 aliphatic rings. The molecule has 0 saturated heterocycles.